The molecular formula is C32H35F3N2O3. The number of hydrogen-bond acceptors (Lipinski definition) is 3. The SMILES string of the molecule is CC(CCCN1CCC(NC(=O)c2ccccc2-c2ccc(C(F)(F)F)cc2)CC1)(CC(=O)O)c1ccccc1. The molecular weight excluding hydrogens is 517 g/mol. The van der Waals surface area contributed by atoms with E-state index in [0.717, 1.165) is 63.0 Å². The Morgan fingerprint density at radius 3 is 2.15 bits per heavy atom. The van der Waals surface area contributed by atoms with Crippen LogP contribution in [0.25, 0.3) is 11.1 Å². The quantitative estimate of drug-likeness (QED) is 0.291. The van der Waals surface area contributed by atoms with E-state index in [1.165, 1.54) is 12.1 Å². The number of hydrogen-bond donors (Lipinski definition) is 2. The first-order valence-corrected chi connectivity index (χ1v) is 13.6. The fraction of sp³-hybridized carbons (Fsp3) is 0.375. The molecule has 0 bridgehead atoms. The zero-order chi connectivity index (χ0) is 28.8. The molecule has 0 aromatic heterocycles. The zero-order valence-electron chi connectivity index (χ0n) is 22.6. The first kappa shape index (κ1) is 29.3. The number of alkyl halides is 3. The Kier molecular flexibility index (Phi) is 9.30. The second-order valence-electron chi connectivity index (χ2n) is 10.8. The topological polar surface area (TPSA) is 69.6 Å². The number of likely N-dealkylation sites (tertiary alicyclic amines) is 1. The van der Waals surface area contributed by atoms with Gasteiger partial charge in [0, 0.05) is 30.1 Å². The average molecular weight is 553 g/mol. The van der Waals surface area contributed by atoms with Gasteiger partial charge in [0.1, 0.15) is 0 Å². The second-order valence-corrected chi connectivity index (χ2v) is 10.8. The number of nitrogens with one attached hydrogen (secondary N) is 1. The van der Waals surface area contributed by atoms with E-state index in [0.29, 0.717) is 16.7 Å². The molecule has 5 nitrogen and oxygen atoms in total. The molecule has 4 rings (SSSR count). The normalized spacial score (nSPS) is 16.3. The summed E-state index contributed by atoms with van der Waals surface area (Å²) in [6.45, 7) is 4.53. The highest BCUT2D eigenvalue weighted by molar-refractivity contribution is 6.01. The van der Waals surface area contributed by atoms with Gasteiger partial charge in [0.15, 0.2) is 0 Å². The molecule has 0 aliphatic carbocycles. The maximum atomic E-state index is 13.2. The van der Waals surface area contributed by atoms with E-state index in [2.05, 4.69) is 10.2 Å². The predicted molar refractivity (Wildman–Crippen MR) is 149 cm³/mol. The summed E-state index contributed by atoms with van der Waals surface area (Å²) in [6, 6.07) is 21.6. The Balaban J connectivity index is 1.30. The minimum atomic E-state index is -4.41. The van der Waals surface area contributed by atoms with Crippen molar-refractivity contribution in [2.75, 3.05) is 19.6 Å². The van der Waals surface area contributed by atoms with E-state index in [9.17, 15) is 27.9 Å². The van der Waals surface area contributed by atoms with Gasteiger partial charge in [-0.1, -0.05) is 67.6 Å². The number of nitrogens with zero attached hydrogens (tertiary/aromatic N) is 1. The molecule has 0 spiro atoms. The van der Waals surface area contributed by atoms with Crippen LogP contribution < -0.4 is 5.32 Å². The highest BCUT2D eigenvalue weighted by Gasteiger charge is 2.31. The third-order valence-corrected chi connectivity index (χ3v) is 7.83. The molecule has 1 aliphatic heterocycles. The molecule has 0 saturated carbocycles. The summed E-state index contributed by atoms with van der Waals surface area (Å²) < 4.78 is 38.9. The van der Waals surface area contributed by atoms with Crippen molar-refractivity contribution in [1.82, 2.24) is 10.2 Å². The van der Waals surface area contributed by atoms with Crippen LogP contribution in [0.3, 0.4) is 0 Å². The van der Waals surface area contributed by atoms with Crippen LogP contribution >= 0.6 is 0 Å². The molecule has 1 unspecified atom stereocenters. The first-order valence-electron chi connectivity index (χ1n) is 13.6. The third-order valence-electron chi connectivity index (χ3n) is 7.83. The second kappa shape index (κ2) is 12.7. The summed E-state index contributed by atoms with van der Waals surface area (Å²) in [4.78, 5) is 27.1. The molecule has 2 N–H and O–H groups in total. The Hall–Kier alpha value is -3.65. The fourth-order valence-corrected chi connectivity index (χ4v) is 5.54. The van der Waals surface area contributed by atoms with Gasteiger partial charge in [-0.3, -0.25) is 9.59 Å². The van der Waals surface area contributed by atoms with E-state index in [-0.39, 0.29) is 18.4 Å². The number of aliphatic carboxylic acids is 1. The summed E-state index contributed by atoms with van der Waals surface area (Å²) in [5, 5.41) is 12.6. The number of amides is 1. The van der Waals surface area contributed by atoms with Crippen molar-refractivity contribution in [3.05, 3.63) is 95.6 Å². The van der Waals surface area contributed by atoms with Crippen molar-refractivity contribution in [1.29, 1.82) is 0 Å². The van der Waals surface area contributed by atoms with Crippen molar-refractivity contribution in [3.8, 4) is 11.1 Å². The maximum absolute atomic E-state index is 13.2. The fourth-order valence-electron chi connectivity index (χ4n) is 5.54. The molecule has 3 aromatic carbocycles. The zero-order valence-corrected chi connectivity index (χ0v) is 22.6. The number of carboxylic acid groups (broad SMARTS) is 1. The lowest BCUT2D eigenvalue weighted by atomic mass is 9.76. The minimum Gasteiger partial charge on any atom is -0.481 e. The molecule has 40 heavy (non-hydrogen) atoms. The molecule has 1 saturated heterocycles. The van der Waals surface area contributed by atoms with Crippen molar-refractivity contribution in [3.63, 3.8) is 0 Å². The third kappa shape index (κ3) is 7.50. The van der Waals surface area contributed by atoms with Crippen LogP contribution in [0.4, 0.5) is 13.2 Å². The van der Waals surface area contributed by atoms with Crippen molar-refractivity contribution < 1.29 is 27.9 Å². The van der Waals surface area contributed by atoms with Gasteiger partial charge in [-0.25, -0.2) is 0 Å². The van der Waals surface area contributed by atoms with Crippen LogP contribution in [-0.2, 0) is 16.4 Å². The average Bonchev–Trinajstić information content (AvgIpc) is 2.94. The summed E-state index contributed by atoms with van der Waals surface area (Å²) in [7, 11) is 0. The van der Waals surface area contributed by atoms with Gasteiger partial charge in [-0.2, -0.15) is 13.2 Å². The van der Waals surface area contributed by atoms with E-state index >= 15 is 0 Å². The highest BCUT2D eigenvalue weighted by Crippen LogP contribution is 2.34. The maximum Gasteiger partial charge on any atom is 0.416 e. The number of piperidine rings is 1. The van der Waals surface area contributed by atoms with Gasteiger partial charge in [-0.05, 0) is 67.1 Å². The molecule has 1 fully saturated rings. The van der Waals surface area contributed by atoms with Gasteiger partial charge in [-0.15, -0.1) is 0 Å². The minimum absolute atomic E-state index is 0.00556. The number of carbonyl (C=O) groups is 2. The molecule has 1 aliphatic rings. The molecule has 3 aromatic rings. The van der Waals surface area contributed by atoms with E-state index in [1.54, 1.807) is 24.3 Å². The van der Waals surface area contributed by atoms with Crippen molar-refractivity contribution in [2.24, 2.45) is 0 Å². The monoisotopic (exact) mass is 552 g/mol. The molecule has 0 radical (unpaired) electrons. The van der Waals surface area contributed by atoms with Crippen LogP contribution in [0.15, 0.2) is 78.9 Å². The van der Waals surface area contributed by atoms with Gasteiger partial charge in [0.25, 0.3) is 5.91 Å². The van der Waals surface area contributed by atoms with Crippen molar-refractivity contribution >= 4 is 11.9 Å². The van der Waals surface area contributed by atoms with Crippen LogP contribution in [0, 0.1) is 0 Å². The van der Waals surface area contributed by atoms with Gasteiger partial charge in [0.05, 0.1) is 12.0 Å². The van der Waals surface area contributed by atoms with E-state index < -0.39 is 23.1 Å². The molecule has 8 heteroatoms. The molecule has 1 atom stereocenters. The van der Waals surface area contributed by atoms with Crippen molar-refractivity contribution in [2.45, 2.75) is 56.7 Å². The molecule has 1 heterocycles. The van der Waals surface area contributed by atoms with E-state index in [4.69, 9.17) is 0 Å². The van der Waals surface area contributed by atoms with Crippen LogP contribution in [-0.4, -0.2) is 47.6 Å². The smallest absolute Gasteiger partial charge is 0.416 e. The Bertz CT molecular complexity index is 1290. The Labute approximate surface area is 233 Å². The number of carboxylic acids is 1. The first-order chi connectivity index (χ1) is 19.0. The molecule has 1 amide bonds. The lowest BCUT2D eigenvalue weighted by Crippen LogP contribution is -2.45. The number of halogens is 3. The van der Waals surface area contributed by atoms with Crippen LogP contribution in [0.5, 0.6) is 0 Å². The standard InChI is InChI=1S/C32H35F3N2O3/c1-31(22-29(38)39,24-8-3-2-4-9-24)18-7-19-37-20-16-26(17-21-37)36-30(40)28-11-6-5-10-27(28)23-12-14-25(15-13-23)32(33,34)35/h2-6,8-15,26H,7,16-22H2,1H3,(H,36,40)(H,38,39). The van der Waals surface area contributed by atoms with Gasteiger partial charge >= 0.3 is 12.1 Å². The lowest BCUT2D eigenvalue weighted by Gasteiger charge is -2.34. The summed E-state index contributed by atoms with van der Waals surface area (Å²) in [5.74, 6) is -1.04. The number of benzene rings is 3. The summed E-state index contributed by atoms with van der Waals surface area (Å²) in [5.41, 5.74) is 1.46. The Morgan fingerprint density at radius 2 is 1.52 bits per heavy atom. The van der Waals surface area contributed by atoms with E-state index in [1.807, 2.05) is 37.3 Å². The van der Waals surface area contributed by atoms with Crippen LogP contribution in [0.1, 0.15) is 60.5 Å². The predicted octanol–water partition coefficient (Wildman–Crippen LogP) is 6.78. The number of rotatable bonds is 10. The van der Waals surface area contributed by atoms with Crippen LogP contribution in [0.2, 0.25) is 0 Å². The molecule has 212 valence electrons. The highest BCUT2D eigenvalue weighted by atomic mass is 19.4. The Morgan fingerprint density at radius 1 is 0.900 bits per heavy atom. The lowest BCUT2D eigenvalue weighted by molar-refractivity contribution is -0.139. The van der Waals surface area contributed by atoms with Gasteiger partial charge in [0.2, 0.25) is 0 Å². The van der Waals surface area contributed by atoms with Gasteiger partial charge < -0.3 is 15.3 Å². The largest absolute Gasteiger partial charge is 0.481 e. The number of carbonyl (C=O) groups excluding carboxylic acids is 1. The summed E-state index contributed by atoms with van der Waals surface area (Å²) >= 11 is 0. The summed E-state index contributed by atoms with van der Waals surface area (Å²) in [6.07, 6.45) is -1.11.